The number of amides is 1. The summed E-state index contributed by atoms with van der Waals surface area (Å²) in [5.41, 5.74) is 3.77. The topological polar surface area (TPSA) is 74.6 Å². The van der Waals surface area contributed by atoms with Gasteiger partial charge in [-0.15, -0.1) is 11.8 Å². The fraction of sp³-hybridized carbons (Fsp3) is 0.238. The number of thioether (sulfide) groups is 1. The number of nitrogens with zero attached hydrogens (tertiary/aromatic N) is 2. The number of hydrogen-bond acceptors (Lipinski definition) is 6. The number of hydrogen-bond donors (Lipinski definition) is 1. The van der Waals surface area contributed by atoms with Gasteiger partial charge in [-0.3, -0.25) is 4.79 Å². The van der Waals surface area contributed by atoms with Crippen LogP contribution in [0.15, 0.2) is 42.5 Å². The molecule has 1 N–H and O–H groups in total. The highest BCUT2D eigenvalue weighted by Crippen LogP contribution is 2.46. The highest BCUT2D eigenvalue weighted by atomic mass is 32.2. The Labute approximate surface area is 172 Å². The lowest BCUT2D eigenvalue weighted by Gasteiger charge is -2.16. The van der Waals surface area contributed by atoms with Crippen molar-refractivity contribution < 1.29 is 19.0 Å². The standard InChI is InChI=1S/C21H19N3O4S/c1-12-19-20(13-3-8-16-17(9-13)28-11-27-16)29-10-18(25)22-21(19)24(23-12)14-4-6-15(26-2)7-5-14/h3-9,20H,10-11H2,1-2H3,(H,22,25)/t20-/m1/s1. The number of carbonyl (C=O) groups is 1. The average Bonchev–Trinajstić information content (AvgIpc) is 3.28. The van der Waals surface area contributed by atoms with Crippen molar-refractivity contribution in [1.82, 2.24) is 9.78 Å². The van der Waals surface area contributed by atoms with Crippen LogP contribution in [-0.2, 0) is 4.79 Å². The van der Waals surface area contributed by atoms with E-state index in [0.29, 0.717) is 11.6 Å². The van der Waals surface area contributed by atoms with E-state index >= 15 is 0 Å². The molecule has 0 radical (unpaired) electrons. The molecule has 0 bridgehead atoms. The van der Waals surface area contributed by atoms with Gasteiger partial charge in [0.25, 0.3) is 0 Å². The van der Waals surface area contributed by atoms with E-state index < -0.39 is 0 Å². The molecular formula is C21H19N3O4S. The van der Waals surface area contributed by atoms with E-state index in [9.17, 15) is 4.79 Å². The van der Waals surface area contributed by atoms with Crippen LogP contribution in [0.4, 0.5) is 5.82 Å². The molecule has 0 saturated heterocycles. The van der Waals surface area contributed by atoms with Crippen molar-refractivity contribution >= 4 is 23.5 Å². The molecule has 29 heavy (non-hydrogen) atoms. The summed E-state index contributed by atoms with van der Waals surface area (Å²) in [5, 5.41) is 7.73. The normalized spacial score (nSPS) is 17.4. The summed E-state index contributed by atoms with van der Waals surface area (Å²) in [4.78, 5) is 12.5. The van der Waals surface area contributed by atoms with E-state index in [1.54, 1.807) is 23.6 Å². The van der Waals surface area contributed by atoms with Crippen LogP contribution in [0, 0.1) is 6.92 Å². The van der Waals surface area contributed by atoms with E-state index in [-0.39, 0.29) is 18.0 Å². The largest absolute Gasteiger partial charge is 0.497 e. The number of rotatable bonds is 3. The summed E-state index contributed by atoms with van der Waals surface area (Å²) >= 11 is 1.58. The van der Waals surface area contributed by atoms with Crippen molar-refractivity contribution in [2.75, 3.05) is 25.0 Å². The van der Waals surface area contributed by atoms with E-state index in [1.807, 2.05) is 49.4 Å². The zero-order valence-corrected chi connectivity index (χ0v) is 16.8. The van der Waals surface area contributed by atoms with Crippen molar-refractivity contribution in [1.29, 1.82) is 0 Å². The van der Waals surface area contributed by atoms with Gasteiger partial charge in [0.2, 0.25) is 12.7 Å². The molecule has 7 nitrogen and oxygen atoms in total. The van der Waals surface area contributed by atoms with E-state index in [4.69, 9.17) is 19.3 Å². The molecule has 1 atom stereocenters. The van der Waals surface area contributed by atoms with Crippen molar-refractivity contribution in [2.24, 2.45) is 0 Å². The molecule has 1 aromatic heterocycles. The Morgan fingerprint density at radius 1 is 1.17 bits per heavy atom. The molecule has 0 saturated carbocycles. The van der Waals surface area contributed by atoms with Crippen molar-refractivity contribution in [3.05, 3.63) is 59.3 Å². The minimum Gasteiger partial charge on any atom is -0.497 e. The summed E-state index contributed by atoms with van der Waals surface area (Å²) in [6.07, 6.45) is 0. The number of aromatic nitrogens is 2. The Hall–Kier alpha value is -3.13. The molecule has 3 aromatic rings. The van der Waals surface area contributed by atoms with E-state index in [2.05, 4.69) is 5.32 Å². The van der Waals surface area contributed by atoms with Gasteiger partial charge in [0.15, 0.2) is 11.5 Å². The van der Waals surface area contributed by atoms with Gasteiger partial charge >= 0.3 is 0 Å². The van der Waals surface area contributed by atoms with Gasteiger partial charge in [-0.1, -0.05) is 6.07 Å². The van der Waals surface area contributed by atoms with Crippen molar-refractivity contribution in [2.45, 2.75) is 12.2 Å². The van der Waals surface area contributed by atoms with Crippen LogP contribution in [0.25, 0.3) is 5.69 Å². The Kier molecular flexibility index (Phi) is 4.35. The van der Waals surface area contributed by atoms with Gasteiger partial charge in [-0.2, -0.15) is 5.10 Å². The minimum absolute atomic E-state index is 0.0471. The number of anilines is 1. The Morgan fingerprint density at radius 2 is 1.97 bits per heavy atom. The number of methoxy groups -OCH3 is 1. The zero-order chi connectivity index (χ0) is 20.0. The molecule has 3 heterocycles. The van der Waals surface area contributed by atoms with Gasteiger partial charge in [0.05, 0.1) is 29.5 Å². The molecule has 2 aromatic carbocycles. The Morgan fingerprint density at radius 3 is 2.76 bits per heavy atom. The third-order valence-corrected chi connectivity index (χ3v) is 6.29. The second-order valence-electron chi connectivity index (χ2n) is 6.81. The molecule has 148 valence electrons. The Balaban J connectivity index is 1.62. The lowest BCUT2D eigenvalue weighted by atomic mass is 10.0. The number of nitrogens with one attached hydrogen (secondary N) is 1. The molecule has 2 aliphatic heterocycles. The predicted molar refractivity (Wildman–Crippen MR) is 110 cm³/mol. The van der Waals surface area contributed by atoms with Crippen LogP contribution in [0.3, 0.4) is 0 Å². The SMILES string of the molecule is COc1ccc(-n2nc(C)c3c2NC(=O)CS[C@@H]3c2ccc3c(c2)OCO3)cc1. The van der Waals surface area contributed by atoms with Crippen LogP contribution in [-0.4, -0.2) is 35.3 Å². The first-order valence-corrected chi connectivity index (χ1v) is 10.2. The highest BCUT2D eigenvalue weighted by Gasteiger charge is 2.31. The van der Waals surface area contributed by atoms with Crippen LogP contribution in [0.1, 0.15) is 22.1 Å². The molecule has 0 unspecified atom stereocenters. The van der Waals surface area contributed by atoms with E-state index in [1.165, 1.54) is 0 Å². The number of fused-ring (bicyclic) bond motifs is 2. The lowest BCUT2D eigenvalue weighted by molar-refractivity contribution is -0.113. The monoisotopic (exact) mass is 409 g/mol. The molecule has 2 aliphatic rings. The number of carbonyl (C=O) groups excluding carboxylic acids is 1. The van der Waals surface area contributed by atoms with Gasteiger partial charge in [-0.25, -0.2) is 4.68 Å². The molecule has 8 heteroatoms. The second kappa shape index (κ2) is 7.04. The first-order chi connectivity index (χ1) is 14.1. The summed E-state index contributed by atoms with van der Waals surface area (Å²) in [6.45, 7) is 2.20. The first-order valence-electron chi connectivity index (χ1n) is 9.19. The number of benzene rings is 2. The minimum atomic E-state index is -0.0505. The van der Waals surface area contributed by atoms with Crippen molar-refractivity contribution in [3.8, 4) is 22.9 Å². The summed E-state index contributed by atoms with van der Waals surface area (Å²) in [5.74, 6) is 3.25. The van der Waals surface area contributed by atoms with Crippen molar-refractivity contribution in [3.63, 3.8) is 0 Å². The van der Waals surface area contributed by atoms with Crippen LogP contribution in [0.2, 0.25) is 0 Å². The second-order valence-corrected chi connectivity index (χ2v) is 7.90. The lowest BCUT2D eigenvalue weighted by Crippen LogP contribution is -2.15. The predicted octanol–water partition coefficient (Wildman–Crippen LogP) is 3.69. The third kappa shape index (κ3) is 3.09. The highest BCUT2D eigenvalue weighted by molar-refractivity contribution is 8.00. The Bertz CT molecular complexity index is 1090. The maximum atomic E-state index is 12.5. The summed E-state index contributed by atoms with van der Waals surface area (Å²) in [6, 6.07) is 13.5. The van der Waals surface area contributed by atoms with E-state index in [0.717, 1.165) is 39.8 Å². The maximum absolute atomic E-state index is 12.5. The van der Waals surface area contributed by atoms with Gasteiger partial charge in [0, 0.05) is 5.56 Å². The molecule has 0 aliphatic carbocycles. The third-order valence-electron chi connectivity index (χ3n) is 5.02. The fourth-order valence-corrected chi connectivity index (χ4v) is 4.81. The molecule has 0 spiro atoms. The van der Waals surface area contributed by atoms with Crippen LogP contribution >= 0.6 is 11.8 Å². The van der Waals surface area contributed by atoms with Crippen LogP contribution in [0.5, 0.6) is 17.2 Å². The van der Waals surface area contributed by atoms with Gasteiger partial charge < -0.3 is 19.5 Å². The number of ether oxygens (including phenoxy) is 3. The fourth-order valence-electron chi connectivity index (χ4n) is 3.63. The van der Waals surface area contributed by atoms with Crippen LogP contribution < -0.4 is 19.5 Å². The molecular weight excluding hydrogens is 390 g/mol. The summed E-state index contributed by atoms with van der Waals surface area (Å²) in [7, 11) is 1.63. The quantitative estimate of drug-likeness (QED) is 0.711. The molecule has 1 amide bonds. The molecule has 5 rings (SSSR count). The van der Waals surface area contributed by atoms with Gasteiger partial charge in [-0.05, 0) is 48.9 Å². The maximum Gasteiger partial charge on any atom is 0.235 e. The average molecular weight is 409 g/mol. The number of aryl methyl sites for hydroxylation is 1. The zero-order valence-electron chi connectivity index (χ0n) is 16.0. The smallest absolute Gasteiger partial charge is 0.235 e. The first kappa shape index (κ1) is 17.9. The molecule has 0 fully saturated rings. The summed E-state index contributed by atoms with van der Waals surface area (Å²) < 4.78 is 18.0. The van der Waals surface area contributed by atoms with Gasteiger partial charge in [0.1, 0.15) is 11.6 Å².